The minimum atomic E-state index is -3.78. The number of sulfonamides is 1. The van der Waals surface area contributed by atoms with Gasteiger partial charge in [-0.15, -0.1) is 0 Å². The zero-order chi connectivity index (χ0) is 21.3. The molecule has 0 spiro atoms. The van der Waals surface area contributed by atoms with E-state index in [-0.39, 0.29) is 24.5 Å². The SMILES string of the molecule is O=S(=O)(c1ccc(F)cc1)N1CCCN(c2nc(C(F)F)nc3ccccc23)CC1. The van der Waals surface area contributed by atoms with E-state index in [0.717, 1.165) is 12.1 Å². The van der Waals surface area contributed by atoms with Crippen LogP contribution in [0, 0.1) is 5.82 Å². The maximum atomic E-state index is 13.3. The molecule has 1 aliphatic heterocycles. The third kappa shape index (κ3) is 3.97. The van der Waals surface area contributed by atoms with Crippen LogP contribution in [0.3, 0.4) is 0 Å². The van der Waals surface area contributed by atoms with Gasteiger partial charge >= 0.3 is 0 Å². The molecular weight excluding hydrogens is 417 g/mol. The van der Waals surface area contributed by atoms with Crippen LogP contribution >= 0.6 is 0 Å². The lowest BCUT2D eigenvalue weighted by atomic mass is 10.2. The van der Waals surface area contributed by atoms with E-state index in [2.05, 4.69) is 9.97 Å². The van der Waals surface area contributed by atoms with E-state index >= 15 is 0 Å². The Bertz CT molecular complexity index is 1160. The highest BCUT2D eigenvalue weighted by molar-refractivity contribution is 7.89. The van der Waals surface area contributed by atoms with Crippen LogP contribution in [0.15, 0.2) is 53.4 Å². The van der Waals surface area contributed by atoms with E-state index in [9.17, 15) is 21.6 Å². The molecule has 0 atom stereocenters. The van der Waals surface area contributed by atoms with Gasteiger partial charge in [-0.1, -0.05) is 12.1 Å². The van der Waals surface area contributed by atoms with Crippen molar-refractivity contribution >= 4 is 26.7 Å². The summed E-state index contributed by atoms with van der Waals surface area (Å²) in [4.78, 5) is 9.84. The summed E-state index contributed by atoms with van der Waals surface area (Å²) in [5.74, 6) is -0.692. The van der Waals surface area contributed by atoms with Crippen LogP contribution < -0.4 is 4.90 Å². The predicted molar refractivity (Wildman–Crippen MR) is 106 cm³/mol. The van der Waals surface area contributed by atoms with Gasteiger partial charge in [0, 0.05) is 31.6 Å². The molecule has 0 bridgehead atoms. The largest absolute Gasteiger partial charge is 0.355 e. The Morgan fingerprint density at radius 1 is 0.900 bits per heavy atom. The number of aromatic nitrogens is 2. The summed E-state index contributed by atoms with van der Waals surface area (Å²) in [6.45, 7) is 1.16. The topological polar surface area (TPSA) is 66.4 Å². The lowest BCUT2D eigenvalue weighted by Gasteiger charge is -2.24. The van der Waals surface area contributed by atoms with Crippen LogP contribution in [0.1, 0.15) is 18.7 Å². The van der Waals surface area contributed by atoms with Crippen LogP contribution in [-0.2, 0) is 10.0 Å². The first-order valence-corrected chi connectivity index (χ1v) is 10.9. The van der Waals surface area contributed by atoms with E-state index in [1.807, 2.05) is 4.90 Å². The lowest BCUT2D eigenvalue weighted by molar-refractivity contribution is 0.141. The normalized spacial score (nSPS) is 16.2. The predicted octanol–water partition coefficient (Wildman–Crippen LogP) is 3.61. The van der Waals surface area contributed by atoms with Crippen molar-refractivity contribution in [2.75, 3.05) is 31.1 Å². The maximum absolute atomic E-state index is 13.3. The standard InChI is InChI=1S/C20H19F3N4O2S/c21-14-6-8-15(9-7-14)30(28,29)27-11-3-10-26(12-13-27)20-16-4-1-2-5-17(16)24-19(25-20)18(22)23/h1-2,4-9,18H,3,10-13H2. The molecule has 0 radical (unpaired) electrons. The molecule has 3 aromatic rings. The number of anilines is 1. The summed E-state index contributed by atoms with van der Waals surface area (Å²) >= 11 is 0. The molecule has 1 saturated heterocycles. The van der Waals surface area contributed by atoms with Gasteiger partial charge in [0.1, 0.15) is 11.6 Å². The molecule has 1 aromatic heterocycles. The van der Waals surface area contributed by atoms with E-state index in [1.165, 1.54) is 16.4 Å². The van der Waals surface area contributed by atoms with E-state index in [4.69, 9.17) is 0 Å². The van der Waals surface area contributed by atoms with Gasteiger partial charge in [0.15, 0.2) is 5.82 Å². The zero-order valence-electron chi connectivity index (χ0n) is 15.9. The van der Waals surface area contributed by atoms with Gasteiger partial charge in [-0.05, 0) is 42.8 Å². The Morgan fingerprint density at radius 2 is 1.63 bits per heavy atom. The number of benzene rings is 2. The van der Waals surface area contributed by atoms with Gasteiger partial charge in [0.25, 0.3) is 6.43 Å². The van der Waals surface area contributed by atoms with Crippen LogP contribution in [-0.4, -0.2) is 48.9 Å². The van der Waals surface area contributed by atoms with Gasteiger partial charge in [-0.2, -0.15) is 4.31 Å². The van der Waals surface area contributed by atoms with E-state index in [1.54, 1.807) is 24.3 Å². The lowest BCUT2D eigenvalue weighted by Crippen LogP contribution is -2.35. The molecule has 0 N–H and O–H groups in total. The molecule has 1 aliphatic rings. The second kappa shape index (κ2) is 8.19. The Hall–Kier alpha value is -2.72. The smallest absolute Gasteiger partial charge is 0.297 e. The quantitative estimate of drug-likeness (QED) is 0.625. The number of alkyl halides is 2. The van der Waals surface area contributed by atoms with E-state index < -0.39 is 28.1 Å². The fourth-order valence-corrected chi connectivity index (χ4v) is 4.99. The molecular formula is C20H19F3N4O2S. The van der Waals surface area contributed by atoms with Crippen LogP contribution in [0.2, 0.25) is 0 Å². The van der Waals surface area contributed by atoms with Gasteiger partial charge in [0.2, 0.25) is 10.0 Å². The average Bonchev–Trinajstić information content (AvgIpc) is 3.00. The number of hydrogen-bond donors (Lipinski definition) is 0. The summed E-state index contributed by atoms with van der Waals surface area (Å²) in [5.41, 5.74) is 0.415. The van der Waals surface area contributed by atoms with Crippen molar-refractivity contribution in [1.82, 2.24) is 14.3 Å². The molecule has 6 nitrogen and oxygen atoms in total. The van der Waals surface area contributed by atoms with Gasteiger partial charge < -0.3 is 4.90 Å². The summed E-state index contributed by atoms with van der Waals surface area (Å²) in [5, 5.41) is 0.636. The van der Waals surface area contributed by atoms with Gasteiger partial charge in [0.05, 0.1) is 10.4 Å². The van der Waals surface area contributed by atoms with Crippen LogP contribution in [0.25, 0.3) is 10.9 Å². The first kappa shape index (κ1) is 20.5. The molecule has 1 fully saturated rings. The van der Waals surface area contributed by atoms with Crippen molar-refractivity contribution in [1.29, 1.82) is 0 Å². The Morgan fingerprint density at radius 3 is 2.37 bits per heavy atom. The number of fused-ring (bicyclic) bond motifs is 1. The Balaban J connectivity index is 1.63. The maximum Gasteiger partial charge on any atom is 0.297 e. The van der Waals surface area contributed by atoms with Crippen molar-refractivity contribution in [2.24, 2.45) is 0 Å². The Labute approximate surface area is 172 Å². The minimum Gasteiger partial charge on any atom is -0.355 e. The highest BCUT2D eigenvalue weighted by Gasteiger charge is 2.28. The monoisotopic (exact) mass is 436 g/mol. The number of nitrogens with zero attached hydrogens (tertiary/aromatic N) is 4. The molecule has 4 rings (SSSR count). The van der Waals surface area contributed by atoms with Crippen molar-refractivity contribution in [3.8, 4) is 0 Å². The summed E-state index contributed by atoms with van der Waals surface area (Å²) in [6.07, 6.45) is -2.32. The summed E-state index contributed by atoms with van der Waals surface area (Å²) in [7, 11) is -3.78. The molecule has 0 aliphatic carbocycles. The molecule has 30 heavy (non-hydrogen) atoms. The number of hydrogen-bond acceptors (Lipinski definition) is 5. The third-order valence-electron chi connectivity index (χ3n) is 5.00. The molecule has 0 saturated carbocycles. The van der Waals surface area contributed by atoms with Crippen LogP contribution in [0.5, 0.6) is 0 Å². The number of para-hydroxylation sites is 1. The fraction of sp³-hybridized carbons (Fsp3) is 0.300. The molecule has 0 amide bonds. The molecule has 10 heteroatoms. The van der Waals surface area contributed by atoms with Crippen LogP contribution in [0.4, 0.5) is 19.0 Å². The second-order valence-electron chi connectivity index (χ2n) is 6.92. The average molecular weight is 436 g/mol. The van der Waals surface area contributed by atoms with Crippen molar-refractivity contribution in [3.05, 3.63) is 60.2 Å². The molecule has 158 valence electrons. The number of rotatable bonds is 4. The summed E-state index contributed by atoms with van der Waals surface area (Å²) < 4.78 is 66.9. The van der Waals surface area contributed by atoms with Gasteiger partial charge in [-0.25, -0.2) is 31.6 Å². The second-order valence-corrected chi connectivity index (χ2v) is 8.86. The third-order valence-corrected chi connectivity index (χ3v) is 6.91. The first-order chi connectivity index (χ1) is 14.4. The number of halogens is 3. The van der Waals surface area contributed by atoms with Crippen molar-refractivity contribution < 1.29 is 21.6 Å². The fourth-order valence-electron chi connectivity index (χ4n) is 3.52. The first-order valence-electron chi connectivity index (χ1n) is 9.42. The van der Waals surface area contributed by atoms with E-state index in [0.29, 0.717) is 29.7 Å². The highest BCUT2D eigenvalue weighted by Crippen LogP contribution is 2.28. The minimum absolute atomic E-state index is 0.0184. The molecule has 0 unspecified atom stereocenters. The Kier molecular flexibility index (Phi) is 5.61. The van der Waals surface area contributed by atoms with Crippen molar-refractivity contribution in [2.45, 2.75) is 17.7 Å². The molecule has 2 aromatic carbocycles. The molecule has 2 heterocycles. The van der Waals surface area contributed by atoms with Gasteiger partial charge in [-0.3, -0.25) is 0 Å². The highest BCUT2D eigenvalue weighted by atomic mass is 32.2. The zero-order valence-corrected chi connectivity index (χ0v) is 16.7. The summed E-state index contributed by atoms with van der Waals surface area (Å²) in [6, 6.07) is 11.6. The van der Waals surface area contributed by atoms with Crippen molar-refractivity contribution in [3.63, 3.8) is 0 Å².